The minimum Gasteiger partial charge on any atom is -0.369 e. The summed E-state index contributed by atoms with van der Waals surface area (Å²) < 4.78 is 5.69. The maximum Gasteiger partial charge on any atom is 0.124 e. The summed E-state index contributed by atoms with van der Waals surface area (Å²) in [6.45, 7) is 11.3. The van der Waals surface area contributed by atoms with Gasteiger partial charge in [0.05, 0.1) is 5.69 Å². The van der Waals surface area contributed by atoms with Crippen LogP contribution >= 0.6 is 11.3 Å². The van der Waals surface area contributed by atoms with E-state index in [0.717, 1.165) is 18.0 Å². The van der Waals surface area contributed by atoms with Gasteiger partial charge < -0.3 is 4.74 Å². The van der Waals surface area contributed by atoms with Crippen LogP contribution in [0.3, 0.4) is 0 Å². The van der Waals surface area contributed by atoms with Crippen LogP contribution in [-0.2, 0) is 10.3 Å². The summed E-state index contributed by atoms with van der Waals surface area (Å²) in [6, 6.07) is 0. The largest absolute Gasteiger partial charge is 0.369 e. The fourth-order valence-electron chi connectivity index (χ4n) is 1.42. The SMILES string of the molecule is CCOC(C)(C)c1nc(C(C)CC)cs1. The number of hydrogen-bond donors (Lipinski definition) is 0. The zero-order valence-electron chi connectivity index (χ0n) is 10.3. The van der Waals surface area contributed by atoms with Crippen molar-refractivity contribution in [2.75, 3.05) is 6.61 Å². The highest BCUT2D eigenvalue weighted by atomic mass is 32.1. The Balaban J connectivity index is 2.83. The minimum atomic E-state index is -0.245. The molecule has 1 heterocycles. The van der Waals surface area contributed by atoms with E-state index in [-0.39, 0.29) is 5.60 Å². The van der Waals surface area contributed by atoms with E-state index in [4.69, 9.17) is 4.74 Å². The number of rotatable bonds is 5. The van der Waals surface area contributed by atoms with Gasteiger partial charge in [0.1, 0.15) is 10.6 Å². The van der Waals surface area contributed by atoms with Gasteiger partial charge in [-0.15, -0.1) is 11.3 Å². The molecule has 0 saturated heterocycles. The Morgan fingerprint density at radius 3 is 2.67 bits per heavy atom. The van der Waals surface area contributed by atoms with E-state index >= 15 is 0 Å². The van der Waals surface area contributed by atoms with Gasteiger partial charge in [0.2, 0.25) is 0 Å². The average molecular weight is 227 g/mol. The van der Waals surface area contributed by atoms with Crippen LogP contribution in [0.2, 0.25) is 0 Å². The van der Waals surface area contributed by atoms with Crippen molar-refractivity contribution in [2.24, 2.45) is 0 Å². The van der Waals surface area contributed by atoms with Crippen LogP contribution in [0.25, 0.3) is 0 Å². The maximum atomic E-state index is 5.69. The lowest BCUT2D eigenvalue weighted by molar-refractivity contribution is -0.0142. The summed E-state index contributed by atoms with van der Waals surface area (Å²) in [5.41, 5.74) is 0.954. The lowest BCUT2D eigenvalue weighted by atomic mass is 10.1. The summed E-state index contributed by atoms with van der Waals surface area (Å²) in [5, 5.41) is 3.24. The number of aromatic nitrogens is 1. The number of hydrogen-bond acceptors (Lipinski definition) is 3. The van der Waals surface area contributed by atoms with Crippen LogP contribution in [0.1, 0.15) is 57.7 Å². The number of nitrogens with zero attached hydrogens (tertiary/aromatic N) is 1. The first-order valence-corrected chi connectivity index (χ1v) is 6.49. The third-order valence-electron chi connectivity index (χ3n) is 2.66. The van der Waals surface area contributed by atoms with Gasteiger partial charge in [0.15, 0.2) is 0 Å². The Labute approximate surface area is 96.7 Å². The highest BCUT2D eigenvalue weighted by molar-refractivity contribution is 7.09. The number of ether oxygens (including phenoxy) is 1. The van der Waals surface area contributed by atoms with Crippen molar-refractivity contribution in [1.29, 1.82) is 0 Å². The Bertz CT molecular complexity index is 306. The highest BCUT2D eigenvalue weighted by Gasteiger charge is 2.25. The van der Waals surface area contributed by atoms with Gasteiger partial charge in [-0.1, -0.05) is 13.8 Å². The van der Waals surface area contributed by atoms with E-state index in [0.29, 0.717) is 5.92 Å². The first-order chi connectivity index (χ1) is 7.01. The van der Waals surface area contributed by atoms with Gasteiger partial charge in [0, 0.05) is 12.0 Å². The average Bonchev–Trinajstić information content (AvgIpc) is 2.66. The summed E-state index contributed by atoms with van der Waals surface area (Å²) in [7, 11) is 0. The molecule has 2 nitrogen and oxygen atoms in total. The normalized spacial score (nSPS) is 14.2. The zero-order chi connectivity index (χ0) is 11.5. The van der Waals surface area contributed by atoms with Crippen molar-refractivity contribution in [3.05, 3.63) is 16.1 Å². The molecule has 1 aromatic heterocycles. The van der Waals surface area contributed by atoms with E-state index < -0.39 is 0 Å². The van der Waals surface area contributed by atoms with Crippen molar-refractivity contribution in [3.8, 4) is 0 Å². The predicted molar refractivity (Wildman–Crippen MR) is 65.5 cm³/mol. The lowest BCUT2D eigenvalue weighted by Gasteiger charge is -2.21. The molecule has 0 amide bonds. The van der Waals surface area contributed by atoms with E-state index in [2.05, 4.69) is 38.1 Å². The number of thiazole rings is 1. The minimum absolute atomic E-state index is 0.245. The summed E-state index contributed by atoms with van der Waals surface area (Å²) in [6.07, 6.45) is 1.14. The fraction of sp³-hybridized carbons (Fsp3) is 0.750. The van der Waals surface area contributed by atoms with Gasteiger partial charge in [-0.05, 0) is 33.1 Å². The summed E-state index contributed by atoms with van der Waals surface area (Å²) in [4.78, 5) is 4.66. The molecule has 3 heteroatoms. The second-order valence-electron chi connectivity index (χ2n) is 4.33. The van der Waals surface area contributed by atoms with Gasteiger partial charge in [-0.3, -0.25) is 0 Å². The quantitative estimate of drug-likeness (QED) is 0.760. The fourth-order valence-corrected chi connectivity index (χ4v) is 2.44. The summed E-state index contributed by atoms with van der Waals surface area (Å²) in [5.74, 6) is 0.549. The highest BCUT2D eigenvalue weighted by Crippen LogP contribution is 2.30. The van der Waals surface area contributed by atoms with E-state index in [9.17, 15) is 0 Å². The lowest BCUT2D eigenvalue weighted by Crippen LogP contribution is -2.21. The molecule has 1 atom stereocenters. The van der Waals surface area contributed by atoms with Gasteiger partial charge >= 0.3 is 0 Å². The molecule has 0 aliphatic carbocycles. The topological polar surface area (TPSA) is 22.1 Å². The van der Waals surface area contributed by atoms with Crippen LogP contribution in [0, 0.1) is 0 Å². The zero-order valence-corrected chi connectivity index (χ0v) is 11.1. The predicted octanol–water partition coefficient (Wildman–Crippen LogP) is 3.93. The van der Waals surface area contributed by atoms with Crippen molar-refractivity contribution in [2.45, 2.75) is 52.6 Å². The van der Waals surface area contributed by atoms with E-state index in [1.807, 2.05) is 6.92 Å². The van der Waals surface area contributed by atoms with Crippen LogP contribution in [0.15, 0.2) is 5.38 Å². The van der Waals surface area contributed by atoms with Crippen LogP contribution < -0.4 is 0 Å². The molecule has 0 aromatic carbocycles. The molecule has 0 radical (unpaired) electrons. The van der Waals surface area contributed by atoms with E-state index in [1.165, 1.54) is 5.69 Å². The second kappa shape index (κ2) is 5.08. The second-order valence-corrected chi connectivity index (χ2v) is 5.19. The van der Waals surface area contributed by atoms with Crippen molar-refractivity contribution in [1.82, 2.24) is 4.98 Å². The van der Waals surface area contributed by atoms with Gasteiger partial charge in [0.25, 0.3) is 0 Å². The molecule has 0 aliphatic heterocycles. The Kier molecular flexibility index (Phi) is 4.29. The molecule has 86 valence electrons. The molecular formula is C12H21NOS. The standard InChI is InChI=1S/C12H21NOS/c1-6-9(3)10-8-15-11(13-10)12(4,5)14-7-2/h8-9H,6-7H2,1-5H3. The van der Waals surface area contributed by atoms with Crippen molar-refractivity contribution in [3.63, 3.8) is 0 Å². The third-order valence-corrected chi connectivity index (χ3v) is 3.82. The molecule has 1 rings (SSSR count). The first-order valence-electron chi connectivity index (χ1n) is 5.61. The summed E-state index contributed by atoms with van der Waals surface area (Å²) >= 11 is 1.70. The molecule has 0 spiro atoms. The van der Waals surface area contributed by atoms with Crippen LogP contribution in [0.5, 0.6) is 0 Å². The van der Waals surface area contributed by atoms with E-state index in [1.54, 1.807) is 11.3 Å². The van der Waals surface area contributed by atoms with Gasteiger partial charge in [-0.25, -0.2) is 4.98 Å². The van der Waals surface area contributed by atoms with Crippen molar-refractivity contribution >= 4 is 11.3 Å². The van der Waals surface area contributed by atoms with Crippen LogP contribution in [-0.4, -0.2) is 11.6 Å². The molecule has 0 N–H and O–H groups in total. The monoisotopic (exact) mass is 227 g/mol. The molecule has 0 saturated carbocycles. The van der Waals surface area contributed by atoms with Crippen LogP contribution in [0.4, 0.5) is 0 Å². The van der Waals surface area contributed by atoms with Gasteiger partial charge in [-0.2, -0.15) is 0 Å². The molecule has 1 aromatic rings. The maximum absolute atomic E-state index is 5.69. The first kappa shape index (κ1) is 12.7. The molecule has 0 aliphatic rings. The smallest absolute Gasteiger partial charge is 0.124 e. The molecule has 0 fully saturated rings. The molecular weight excluding hydrogens is 206 g/mol. The van der Waals surface area contributed by atoms with Crippen molar-refractivity contribution < 1.29 is 4.74 Å². The molecule has 0 bridgehead atoms. The molecule has 1 unspecified atom stereocenters. The molecule has 15 heavy (non-hydrogen) atoms. The Morgan fingerprint density at radius 2 is 2.13 bits per heavy atom. The Morgan fingerprint density at radius 1 is 1.47 bits per heavy atom. The third kappa shape index (κ3) is 3.02. The Hall–Kier alpha value is -0.410.